The molecule has 2 aromatic heterocycles. The fourth-order valence-corrected chi connectivity index (χ4v) is 3.09. The van der Waals surface area contributed by atoms with Gasteiger partial charge in [-0.2, -0.15) is 5.10 Å². The van der Waals surface area contributed by atoms with Crippen molar-refractivity contribution in [2.75, 3.05) is 18.5 Å². The molecular formula is C21H22N6O4. The second-order valence-electron chi connectivity index (χ2n) is 7.58. The van der Waals surface area contributed by atoms with E-state index in [1.807, 2.05) is 13.8 Å². The minimum atomic E-state index is -0.431. The van der Waals surface area contributed by atoms with E-state index in [2.05, 4.69) is 26.0 Å². The Morgan fingerprint density at radius 1 is 1.19 bits per heavy atom. The predicted molar refractivity (Wildman–Crippen MR) is 112 cm³/mol. The summed E-state index contributed by atoms with van der Waals surface area (Å²) in [4.78, 5) is 41.1. The van der Waals surface area contributed by atoms with Gasteiger partial charge in [-0.3, -0.25) is 14.4 Å². The number of carbonyl (C=O) groups is 3. The molecule has 1 aromatic carbocycles. The van der Waals surface area contributed by atoms with Gasteiger partial charge >= 0.3 is 0 Å². The van der Waals surface area contributed by atoms with Crippen LogP contribution in [-0.4, -0.2) is 45.5 Å². The van der Waals surface area contributed by atoms with Crippen LogP contribution in [0.5, 0.6) is 5.75 Å². The van der Waals surface area contributed by atoms with Crippen molar-refractivity contribution in [3.05, 3.63) is 53.5 Å². The largest absolute Gasteiger partial charge is 0.482 e. The maximum Gasteiger partial charge on any atom is 0.270 e. The average Bonchev–Trinajstić information content (AvgIpc) is 3.23. The SMILES string of the molecule is CC(C)CNC(=O)c1cc(C(=O)NCc2ccc3c(c2)NC(=O)CO3)nc2ccnn12. The maximum atomic E-state index is 12.7. The number of hydrogen-bond donors (Lipinski definition) is 3. The van der Waals surface area contributed by atoms with Crippen LogP contribution in [0.2, 0.25) is 0 Å². The molecule has 0 aliphatic carbocycles. The van der Waals surface area contributed by atoms with Gasteiger partial charge in [-0.15, -0.1) is 0 Å². The second kappa shape index (κ2) is 8.42. The van der Waals surface area contributed by atoms with Gasteiger partial charge in [0.15, 0.2) is 12.3 Å². The highest BCUT2D eigenvalue weighted by Crippen LogP contribution is 2.28. The molecule has 0 saturated carbocycles. The first-order valence-corrected chi connectivity index (χ1v) is 9.87. The lowest BCUT2D eigenvalue weighted by atomic mass is 10.1. The highest BCUT2D eigenvalue weighted by Gasteiger charge is 2.19. The van der Waals surface area contributed by atoms with Gasteiger partial charge in [-0.25, -0.2) is 9.50 Å². The standard InChI is InChI=1S/C21H22N6O4/c1-12(2)9-22-21(30)16-8-15(25-18-5-6-24-27(16)18)20(29)23-10-13-3-4-17-14(7-13)26-19(28)11-31-17/h3-8,12H,9-11H2,1-2H3,(H,22,30)(H,23,29)(H,26,28). The minimum Gasteiger partial charge on any atom is -0.482 e. The van der Waals surface area contributed by atoms with Crippen LogP contribution in [0.25, 0.3) is 5.65 Å². The van der Waals surface area contributed by atoms with Gasteiger partial charge in [0.2, 0.25) is 0 Å². The van der Waals surface area contributed by atoms with E-state index in [9.17, 15) is 14.4 Å². The summed E-state index contributed by atoms with van der Waals surface area (Å²) in [5, 5.41) is 12.5. The first-order chi connectivity index (χ1) is 14.9. The van der Waals surface area contributed by atoms with Crippen LogP contribution < -0.4 is 20.7 Å². The number of nitrogens with zero attached hydrogens (tertiary/aromatic N) is 3. The minimum absolute atomic E-state index is 0.0150. The van der Waals surface area contributed by atoms with E-state index in [0.717, 1.165) is 5.56 Å². The zero-order valence-corrected chi connectivity index (χ0v) is 17.1. The van der Waals surface area contributed by atoms with Crippen LogP contribution >= 0.6 is 0 Å². The Morgan fingerprint density at radius 3 is 2.84 bits per heavy atom. The summed E-state index contributed by atoms with van der Waals surface area (Å²) in [5.41, 5.74) is 2.08. The molecule has 3 N–H and O–H groups in total. The summed E-state index contributed by atoms with van der Waals surface area (Å²) in [5.74, 6) is -0.118. The molecule has 0 fully saturated rings. The number of rotatable bonds is 6. The number of nitrogens with one attached hydrogen (secondary N) is 3. The quantitative estimate of drug-likeness (QED) is 0.551. The summed E-state index contributed by atoms with van der Waals surface area (Å²) in [6, 6.07) is 8.33. The number of carbonyl (C=O) groups excluding carboxylic acids is 3. The summed E-state index contributed by atoms with van der Waals surface area (Å²) >= 11 is 0. The molecule has 0 bridgehead atoms. The molecular weight excluding hydrogens is 400 g/mol. The van der Waals surface area contributed by atoms with Gasteiger partial charge in [0.05, 0.1) is 11.9 Å². The van der Waals surface area contributed by atoms with Crippen molar-refractivity contribution in [1.82, 2.24) is 25.2 Å². The number of hydrogen-bond acceptors (Lipinski definition) is 6. The summed E-state index contributed by atoms with van der Waals surface area (Å²) in [7, 11) is 0. The van der Waals surface area contributed by atoms with E-state index < -0.39 is 5.91 Å². The Balaban J connectivity index is 1.51. The summed E-state index contributed by atoms with van der Waals surface area (Å²) < 4.78 is 6.73. The molecule has 1 aliphatic heterocycles. The second-order valence-corrected chi connectivity index (χ2v) is 7.58. The molecule has 0 radical (unpaired) electrons. The zero-order valence-electron chi connectivity index (χ0n) is 17.1. The van der Waals surface area contributed by atoms with Crippen LogP contribution in [0.1, 0.15) is 40.4 Å². The van der Waals surface area contributed by atoms with Crippen molar-refractivity contribution in [2.45, 2.75) is 20.4 Å². The lowest BCUT2D eigenvalue weighted by Crippen LogP contribution is -2.30. The maximum absolute atomic E-state index is 12.7. The molecule has 3 heterocycles. The third-order valence-electron chi connectivity index (χ3n) is 4.63. The number of benzene rings is 1. The Hall–Kier alpha value is -3.95. The van der Waals surface area contributed by atoms with Crippen molar-refractivity contribution < 1.29 is 19.1 Å². The van der Waals surface area contributed by atoms with Crippen molar-refractivity contribution in [3.63, 3.8) is 0 Å². The molecule has 0 spiro atoms. The van der Waals surface area contributed by atoms with Crippen molar-refractivity contribution >= 4 is 29.1 Å². The highest BCUT2D eigenvalue weighted by atomic mass is 16.5. The molecule has 10 nitrogen and oxygen atoms in total. The number of anilines is 1. The lowest BCUT2D eigenvalue weighted by molar-refractivity contribution is -0.118. The number of ether oxygens (including phenoxy) is 1. The van der Waals surface area contributed by atoms with Crippen molar-refractivity contribution in [1.29, 1.82) is 0 Å². The van der Waals surface area contributed by atoms with E-state index >= 15 is 0 Å². The third-order valence-corrected chi connectivity index (χ3v) is 4.63. The van der Waals surface area contributed by atoms with E-state index in [1.165, 1.54) is 16.8 Å². The monoisotopic (exact) mass is 422 g/mol. The Bertz CT molecular complexity index is 1170. The van der Waals surface area contributed by atoms with Gasteiger partial charge in [-0.05, 0) is 23.6 Å². The predicted octanol–water partition coefficient (Wildman–Crippen LogP) is 1.38. The normalized spacial score (nSPS) is 12.8. The first kappa shape index (κ1) is 20.3. The van der Waals surface area contributed by atoms with E-state index in [0.29, 0.717) is 23.6 Å². The number of fused-ring (bicyclic) bond motifs is 2. The fraction of sp³-hybridized carbons (Fsp3) is 0.286. The van der Waals surface area contributed by atoms with E-state index in [-0.39, 0.29) is 42.3 Å². The Labute approximate surface area is 178 Å². The zero-order chi connectivity index (χ0) is 22.0. The van der Waals surface area contributed by atoms with Crippen molar-refractivity contribution in [3.8, 4) is 5.75 Å². The average molecular weight is 422 g/mol. The van der Waals surface area contributed by atoms with Gasteiger partial charge in [-0.1, -0.05) is 19.9 Å². The molecule has 1 aliphatic rings. The molecule has 0 unspecified atom stereocenters. The van der Waals surface area contributed by atoms with Crippen LogP contribution in [0.15, 0.2) is 36.5 Å². The van der Waals surface area contributed by atoms with Gasteiger partial charge in [0.25, 0.3) is 17.7 Å². The van der Waals surface area contributed by atoms with Crippen LogP contribution in [-0.2, 0) is 11.3 Å². The van der Waals surface area contributed by atoms with Gasteiger partial charge in [0.1, 0.15) is 17.1 Å². The van der Waals surface area contributed by atoms with Gasteiger partial charge in [0, 0.05) is 25.2 Å². The van der Waals surface area contributed by atoms with Crippen molar-refractivity contribution in [2.24, 2.45) is 5.92 Å². The first-order valence-electron chi connectivity index (χ1n) is 9.87. The molecule has 0 atom stereocenters. The van der Waals surface area contributed by atoms with E-state index in [1.54, 1.807) is 24.3 Å². The number of aromatic nitrogens is 3. The van der Waals surface area contributed by atoms with Crippen LogP contribution in [0, 0.1) is 5.92 Å². The Morgan fingerprint density at radius 2 is 2.03 bits per heavy atom. The van der Waals surface area contributed by atoms with E-state index in [4.69, 9.17) is 4.74 Å². The molecule has 10 heteroatoms. The highest BCUT2D eigenvalue weighted by molar-refractivity contribution is 5.98. The molecule has 4 rings (SSSR count). The molecule has 0 saturated heterocycles. The third kappa shape index (κ3) is 4.47. The van der Waals surface area contributed by atoms with Crippen LogP contribution in [0.4, 0.5) is 5.69 Å². The molecule has 3 aromatic rings. The van der Waals surface area contributed by atoms with Gasteiger partial charge < -0.3 is 20.7 Å². The van der Waals surface area contributed by atoms with Crippen LogP contribution in [0.3, 0.4) is 0 Å². The molecule has 3 amide bonds. The summed E-state index contributed by atoms with van der Waals surface area (Å²) in [6.45, 7) is 4.69. The fourth-order valence-electron chi connectivity index (χ4n) is 3.09. The Kier molecular flexibility index (Phi) is 5.52. The topological polar surface area (TPSA) is 127 Å². The molecule has 31 heavy (non-hydrogen) atoms. The number of amides is 3. The smallest absolute Gasteiger partial charge is 0.270 e. The summed E-state index contributed by atoms with van der Waals surface area (Å²) in [6.07, 6.45) is 1.52. The molecule has 160 valence electrons. The lowest BCUT2D eigenvalue weighted by Gasteiger charge is -2.18.